The third-order valence-electron chi connectivity index (χ3n) is 7.27. The van der Waals surface area contributed by atoms with E-state index in [9.17, 15) is 35.5 Å². The van der Waals surface area contributed by atoms with Gasteiger partial charge in [-0.2, -0.15) is 0 Å². The van der Waals surface area contributed by atoms with E-state index in [2.05, 4.69) is 0 Å². The second-order valence-electron chi connectivity index (χ2n) is 9.19. The fourth-order valence-corrected chi connectivity index (χ4v) is 7.67. The summed E-state index contributed by atoms with van der Waals surface area (Å²) < 4.78 is 66.0. The molecule has 2 spiro atoms. The lowest BCUT2D eigenvalue weighted by atomic mass is 10.1. The zero-order valence-corrected chi connectivity index (χ0v) is 22.3. The minimum atomic E-state index is -4.37. The van der Waals surface area contributed by atoms with Crippen molar-refractivity contribution in [2.24, 2.45) is 0 Å². The number of rotatable bonds is 8. The fourth-order valence-electron chi connectivity index (χ4n) is 5.02. The molecule has 0 aromatic carbocycles. The molecule has 0 N–H and O–H groups in total. The van der Waals surface area contributed by atoms with Gasteiger partial charge in [0.15, 0.2) is 0 Å². The monoisotopic (exact) mass is 560 g/mol. The molecule has 0 saturated carbocycles. The Morgan fingerprint density at radius 2 is 0.912 bits per heavy atom. The first-order valence-corrected chi connectivity index (χ1v) is 17.1. The summed E-state index contributed by atoms with van der Waals surface area (Å²) in [6, 6.07) is 0. The van der Waals surface area contributed by atoms with Gasteiger partial charge in [-0.1, -0.05) is 0 Å². The molecule has 3 aliphatic rings. The Hall–Kier alpha value is -0.620. The predicted octanol–water partition coefficient (Wildman–Crippen LogP) is -1.51. The summed E-state index contributed by atoms with van der Waals surface area (Å²) >= 11 is 0. The molecule has 0 aromatic heterocycles. The van der Waals surface area contributed by atoms with Crippen LogP contribution in [0.15, 0.2) is 0 Å². The maximum Gasteiger partial charge on any atom is 0.223 e. The summed E-state index contributed by atoms with van der Waals surface area (Å²) in [5, 5.41) is 0. The lowest BCUT2D eigenvalue weighted by Crippen LogP contribution is -2.73. The molecule has 0 radical (unpaired) electrons. The van der Waals surface area contributed by atoms with Gasteiger partial charge in [0.05, 0.1) is 52.4 Å². The van der Waals surface area contributed by atoms with Crippen LogP contribution in [-0.2, 0) is 27.9 Å². The number of amides is 2. The standard InChI is InChI=1S/C18H32N4O8S4/c23-17(1-15-31-33(25,26)27)19-3-7-21(8-4-19)11-13-22(14-12-21)9-5-20(6-10-22)18(24)2-16-32-34(28,29)30/h1-16H2. The number of piperazine rings is 3. The third kappa shape index (κ3) is 8.21. The van der Waals surface area contributed by atoms with Crippen LogP contribution in [0.1, 0.15) is 12.8 Å². The minimum Gasteiger partial charge on any atom is -0.739 e. The zero-order valence-electron chi connectivity index (χ0n) is 19.0. The Morgan fingerprint density at radius 3 is 1.18 bits per heavy atom. The number of quaternary nitrogens is 2. The van der Waals surface area contributed by atoms with Gasteiger partial charge in [-0.15, -0.1) is 0 Å². The van der Waals surface area contributed by atoms with Gasteiger partial charge < -0.3 is 27.9 Å². The normalized spacial score (nSPS) is 22.8. The van der Waals surface area contributed by atoms with Crippen LogP contribution in [0.2, 0.25) is 0 Å². The van der Waals surface area contributed by atoms with E-state index in [1.807, 2.05) is 0 Å². The van der Waals surface area contributed by atoms with Gasteiger partial charge in [0.25, 0.3) is 0 Å². The second-order valence-corrected chi connectivity index (χ2v) is 16.0. The lowest BCUT2D eigenvalue weighted by Gasteiger charge is -2.54. The highest BCUT2D eigenvalue weighted by atomic mass is 33.2. The molecule has 3 saturated heterocycles. The zero-order chi connectivity index (χ0) is 25.0. The Labute approximate surface area is 208 Å². The fraction of sp³-hybridized carbons (Fsp3) is 0.889. The summed E-state index contributed by atoms with van der Waals surface area (Å²) in [7, 11) is -8.20. The molecular formula is C18H32N4O8S4. The molecule has 0 aromatic rings. The summed E-state index contributed by atoms with van der Waals surface area (Å²) in [5.74, 6) is -0.253. The highest BCUT2D eigenvalue weighted by Gasteiger charge is 2.45. The third-order valence-corrected chi connectivity index (χ3v) is 11.3. The van der Waals surface area contributed by atoms with Gasteiger partial charge >= 0.3 is 0 Å². The van der Waals surface area contributed by atoms with Crippen molar-refractivity contribution in [2.45, 2.75) is 12.8 Å². The molecule has 3 heterocycles. The molecule has 3 fully saturated rings. The molecule has 0 aliphatic carbocycles. The minimum absolute atomic E-state index is 0.0166. The van der Waals surface area contributed by atoms with Crippen LogP contribution in [-0.4, -0.2) is 147 Å². The van der Waals surface area contributed by atoms with Gasteiger partial charge in [-0.05, 0) is 21.6 Å². The van der Waals surface area contributed by atoms with Crippen LogP contribution in [0, 0.1) is 0 Å². The van der Waals surface area contributed by atoms with Crippen LogP contribution in [0.4, 0.5) is 0 Å². The van der Waals surface area contributed by atoms with Crippen molar-refractivity contribution < 1.29 is 44.5 Å². The van der Waals surface area contributed by atoms with Gasteiger partial charge in [-0.3, -0.25) is 9.59 Å². The molecular weight excluding hydrogens is 528 g/mol. The van der Waals surface area contributed by atoms with E-state index in [4.69, 9.17) is 0 Å². The van der Waals surface area contributed by atoms with Gasteiger partial charge in [-0.25, -0.2) is 16.8 Å². The molecule has 0 unspecified atom stereocenters. The second kappa shape index (κ2) is 11.2. The first kappa shape index (κ1) is 28.0. The lowest BCUT2D eigenvalue weighted by molar-refractivity contribution is -1.03. The molecule has 12 nitrogen and oxygen atoms in total. The highest BCUT2D eigenvalue weighted by Crippen LogP contribution is 2.25. The number of nitrogens with zero attached hydrogens (tertiary/aromatic N) is 4. The largest absolute Gasteiger partial charge is 0.739 e. The van der Waals surface area contributed by atoms with Crippen LogP contribution in [0.25, 0.3) is 0 Å². The quantitative estimate of drug-likeness (QED) is 0.194. The topological polar surface area (TPSA) is 155 Å². The van der Waals surface area contributed by atoms with Gasteiger partial charge in [0.2, 0.25) is 11.8 Å². The molecule has 3 aliphatic heterocycles. The molecule has 3 rings (SSSR count). The number of hydrogen-bond donors (Lipinski definition) is 0. The van der Waals surface area contributed by atoms with Crippen molar-refractivity contribution in [3.05, 3.63) is 0 Å². The summed E-state index contributed by atoms with van der Waals surface area (Å²) in [4.78, 5) is 28.2. The Kier molecular flexibility index (Phi) is 9.20. The first-order chi connectivity index (χ1) is 15.8. The van der Waals surface area contributed by atoms with E-state index < -0.39 is 18.3 Å². The van der Waals surface area contributed by atoms with Gasteiger partial charge in [0.1, 0.15) is 44.5 Å². The van der Waals surface area contributed by atoms with E-state index in [-0.39, 0.29) is 57.7 Å². The average Bonchev–Trinajstić information content (AvgIpc) is 2.75. The molecule has 16 heteroatoms. The molecule has 196 valence electrons. The number of hydrogen-bond acceptors (Lipinski definition) is 10. The summed E-state index contributed by atoms with van der Waals surface area (Å²) in [6.45, 7) is 10.0. The van der Waals surface area contributed by atoms with E-state index >= 15 is 0 Å². The Bertz CT molecular complexity index is 868. The smallest absolute Gasteiger partial charge is 0.223 e. The average molecular weight is 561 g/mol. The highest BCUT2D eigenvalue weighted by molar-refractivity contribution is 8.70. The van der Waals surface area contributed by atoms with E-state index in [1.165, 1.54) is 0 Å². The number of carbonyl (C=O) groups excluding carboxylic acids is 2. The molecule has 0 atom stereocenters. The van der Waals surface area contributed by atoms with Gasteiger partial charge in [0, 0.05) is 24.3 Å². The number of carbonyl (C=O) groups is 2. The van der Waals surface area contributed by atoms with Crippen molar-refractivity contribution >= 4 is 51.7 Å². The molecule has 2 amide bonds. The van der Waals surface area contributed by atoms with Crippen LogP contribution in [0.5, 0.6) is 0 Å². The van der Waals surface area contributed by atoms with Crippen molar-refractivity contribution in [2.75, 3.05) is 90.0 Å². The Morgan fingerprint density at radius 1 is 0.618 bits per heavy atom. The van der Waals surface area contributed by atoms with Crippen molar-refractivity contribution in [1.29, 1.82) is 0 Å². The van der Waals surface area contributed by atoms with Crippen LogP contribution in [0.3, 0.4) is 0 Å². The van der Waals surface area contributed by atoms with E-state index in [0.29, 0.717) is 26.2 Å². The predicted molar refractivity (Wildman–Crippen MR) is 126 cm³/mol. The van der Waals surface area contributed by atoms with E-state index in [0.717, 1.165) is 61.3 Å². The van der Waals surface area contributed by atoms with Crippen LogP contribution < -0.4 is 0 Å². The Balaban J connectivity index is 1.38. The first-order valence-electron chi connectivity index (χ1n) is 11.3. The molecule has 34 heavy (non-hydrogen) atoms. The van der Waals surface area contributed by atoms with Crippen LogP contribution >= 0.6 is 21.6 Å². The van der Waals surface area contributed by atoms with Crippen molar-refractivity contribution in [1.82, 2.24) is 9.80 Å². The molecule has 0 bridgehead atoms. The maximum atomic E-state index is 12.3. The van der Waals surface area contributed by atoms with Crippen molar-refractivity contribution in [3.8, 4) is 0 Å². The maximum absolute atomic E-state index is 12.3. The van der Waals surface area contributed by atoms with E-state index in [1.54, 1.807) is 9.80 Å². The summed E-state index contributed by atoms with van der Waals surface area (Å²) in [6.07, 6.45) is 0.0967. The SMILES string of the molecule is O=C(CCSS(=O)(=O)[O-])N1CC[N+]2(CC1)CC[N+]1(CCN(C(=O)CCSS(=O)(=O)[O-])CC1)CC2. The summed E-state index contributed by atoms with van der Waals surface area (Å²) in [5.41, 5.74) is 0. The van der Waals surface area contributed by atoms with Crippen molar-refractivity contribution in [3.63, 3.8) is 0 Å².